The van der Waals surface area contributed by atoms with Gasteiger partial charge >= 0.3 is 5.82 Å². The van der Waals surface area contributed by atoms with Crippen molar-refractivity contribution in [2.75, 3.05) is 0 Å². The van der Waals surface area contributed by atoms with E-state index in [4.69, 9.17) is 0 Å². The van der Waals surface area contributed by atoms with Crippen molar-refractivity contribution in [1.29, 1.82) is 0 Å². The van der Waals surface area contributed by atoms with E-state index < -0.39 is 0 Å². The van der Waals surface area contributed by atoms with Crippen LogP contribution in [0.3, 0.4) is 0 Å². The van der Waals surface area contributed by atoms with Gasteiger partial charge < -0.3 is 10.1 Å². The third kappa shape index (κ3) is 2.06. The zero-order valence-corrected chi connectivity index (χ0v) is 10.1. The van der Waals surface area contributed by atoms with E-state index in [9.17, 15) is 10.1 Å². The van der Waals surface area contributed by atoms with E-state index in [1.807, 2.05) is 47.0 Å². The molecule has 2 aromatic heterocycles. The van der Waals surface area contributed by atoms with Crippen molar-refractivity contribution >= 4 is 11.5 Å². The molecule has 0 aliphatic heterocycles. The predicted octanol–water partition coefficient (Wildman–Crippen LogP) is 2.18. The Morgan fingerprint density at radius 1 is 1.11 bits per heavy atom. The molecular formula is C14H12N3O2+. The Bertz CT molecular complexity index is 735. The number of nitro groups is 1. The van der Waals surface area contributed by atoms with E-state index >= 15 is 0 Å². The van der Waals surface area contributed by atoms with Crippen LogP contribution in [0.25, 0.3) is 5.65 Å². The minimum Gasteiger partial charge on any atom is -0.358 e. The molecular weight excluding hydrogens is 242 g/mol. The highest BCUT2D eigenvalue weighted by molar-refractivity contribution is 5.38. The lowest BCUT2D eigenvalue weighted by atomic mass is 10.2. The van der Waals surface area contributed by atoms with E-state index in [1.165, 1.54) is 0 Å². The molecule has 19 heavy (non-hydrogen) atoms. The minimum atomic E-state index is -0.367. The van der Waals surface area contributed by atoms with Gasteiger partial charge in [-0.15, -0.1) is 0 Å². The van der Waals surface area contributed by atoms with Gasteiger partial charge in [-0.3, -0.25) is 0 Å². The monoisotopic (exact) mass is 254 g/mol. The predicted molar refractivity (Wildman–Crippen MR) is 69.8 cm³/mol. The molecule has 0 N–H and O–H groups in total. The molecule has 5 nitrogen and oxygen atoms in total. The summed E-state index contributed by atoms with van der Waals surface area (Å²) in [6.07, 6.45) is 3.28. The molecule has 0 amide bonds. The highest BCUT2D eigenvalue weighted by Crippen LogP contribution is 2.13. The first kappa shape index (κ1) is 11.4. The molecule has 0 aliphatic carbocycles. The molecule has 2 heterocycles. The summed E-state index contributed by atoms with van der Waals surface area (Å²) >= 11 is 0. The number of pyridine rings is 1. The van der Waals surface area contributed by atoms with Crippen LogP contribution in [0.1, 0.15) is 5.56 Å². The van der Waals surface area contributed by atoms with E-state index in [0.29, 0.717) is 6.54 Å². The van der Waals surface area contributed by atoms with Crippen LogP contribution in [0.5, 0.6) is 0 Å². The first-order valence-corrected chi connectivity index (χ1v) is 5.93. The summed E-state index contributed by atoms with van der Waals surface area (Å²) in [7, 11) is 0. The van der Waals surface area contributed by atoms with Gasteiger partial charge in [0.15, 0.2) is 6.20 Å². The number of fused-ring (bicyclic) bond motifs is 1. The topological polar surface area (TPSA) is 51.4 Å². The Balaban J connectivity index is 2.11. The maximum Gasteiger partial charge on any atom is 0.370 e. The molecule has 0 aliphatic rings. The largest absolute Gasteiger partial charge is 0.370 e. The summed E-state index contributed by atoms with van der Waals surface area (Å²) in [5.41, 5.74) is 1.91. The molecule has 3 rings (SSSR count). The van der Waals surface area contributed by atoms with Gasteiger partial charge in [-0.05, 0) is 16.6 Å². The Hall–Kier alpha value is -2.69. The van der Waals surface area contributed by atoms with Gasteiger partial charge in [0.25, 0.3) is 5.65 Å². The third-order valence-corrected chi connectivity index (χ3v) is 3.03. The lowest BCUT2D eigenvalue weighted by Gasteiger charge is -1.97. The van der Waals surface area contributed by atoms with Crippen LogP contribution in [0.2, 0.25) is 0 Å². The highest BCUT2D eigenvalue weighted by atomic mass is 16.6. The average molecular weight is 254 g/mol. The molecule has 5 heteroatoms. The lowest BCUT2D eigenvalue weighted by Crippen LogP contribution is -2.32. The molecule has 0 atom stereocenters. The number of benzene rings is 1. The van der Waals surface area contributed by atoms with Crippen molar-refractivity contribution in [2.24, 2.45) is 0 Å². The maximum atomic E-state index is 11.1. The number of nitrogens with zero attached hydrogens (tertiary/aromatic N) is 3. The second-order valence-corrected chi connectivity index (χ2v) is 4.29. The molecule has 0 fully saturated rings. The second kappa shape index (κ2) is 4.53. The third-order valence-electron chi connectivity index (χ3n) is 3.03. The molecule has 3 aromatic rings. The van der Waals surface area contributed by atoms with Crippen LogP contribution in [0.4, 0.5) is 5.82 Å². The van der Waals surface area contributed by atoms with Crippen molar-refractivity contribution in [3.63, 3.8) is 0 Å². The number of aromatic nitrogens is 2. The first-order valence-electron chi connectivity index (χ1n) is 5.93. The Kier molecular flexibility index (Phi) is 2.72. The lowest BCUT2D eigenvalue weighted by molar-refractivity contribution is -0.663. The van der Waals surface area contributed by atoms with E-state index in [2.05, 4.69) is 0 Å². The fourth-order valence-electron chi connectivity index (χ4n) is 2.17. The molecule has 94 valence electrons. The van der Waals surface area contributed by atoms with E-state index in [0.717, 1.165) is 11.2 Å². The maximum absolute atomic E-state index is 11.1. The van der Waals surface area contributed by atoms with Gasteiger partial charge in [-0.25, -0.2) is 4.57 Å². The Morgan fingerprint density at radius 2 is 1.84 bits per heavy atom. The second-order valence-electron chi connectivity index (χ2n) is 4.29. The van der Waals surface area contributed by atoms with Gasteiger partial charge in [0, 0.05) is 6.07 Å². The van der Waals surface area contributed by atoms with Crippen molar-refractivity contribution in [2.45, 2.75) is 6.54 Å². The fourth-order valence-corrected chi connectivity index (χ4v) is 2.17. The van der Waals surface area contributed by atoms with E-state index in [1.54, 1.807) is 22.9 Å². The van der Waals surface area contributed by atoms with Gasteiger partial charge in [-0.1, -0.05) is 36.4 Å². The molecule has 0 saturated heterocycles. The van der Waals surface area contributed by atoms with Gasteiger partial charge in [-0.2, -0.15) is 4.40 Å². The molecule has 1 aromatic carbocycles. The summed E-state index contributed by atoms with van der Waals surface area (Å²) in [5.74, 6) is 0.0755. The number of rotatable bonds is 3. The number of hydrogen-bond donors (Lipinski definition) is 0. The number of hydrogen-bond acceptors (Lipinski definition) is 2. The number of imidazole rings is 1. The zero-order valence-electron chi connectivity index (χ0n) is 10.1. The van der Waals surface area contributed by atoms with Gasteiger partial charge in [0.1, 0.15) is 12.7 Å². The first-order chi connectivity index (χ1) is 9.25. The minimum absolute atomic E-state index is 0.0755. The van der Waals surface area contributed by atoms with Crippen LogP contribution in [-0.2, 0) is 6.54 Å². The molecule has 0 spiro atoms. The van der Waals surface area contributed by atoms with Crippen LogP contribution in [0.15, 0.2) is 60.9 Å². The van der Waals surface area contributed by atoms with Crippen molar-refractivity contribution in [1.82, 2.24) is 4.40 Å². The van der Waals surface area contributed by atoms with Crippen LogP contribution in [0, 0.1) is 10.1 Å². The smallest absolute Gasteiger partial charge is 0.358 e. The summed E-state index contributed by atoms with van der Waals surface area (Å²) in [5, 5.41) is 11.1. The average Bonchev–Trinajstić information content (AvgIpc) is 2.79. The summed E-state index contributed by atoms with van der Waals surface area (Å²) < 4.78 is 3.47. The van der Waals surface area contributed by atoms with Gasteiger partial charge in [0.05, 0.1) is 0 Å². The standard InChI is InChI=1S/C14H12N3O2/c18-17(19)14-11-15(10-12-6-2-1-3-7-12)13-8-4-5-9-16(13)14/h1-9,11H,10H2/q+1. The fraction of sp³-hybridized carbons (Fsp3) is 0.0714. The molecule has 0 radical (unpaired) electrons. The van der Waals surface area contributed by atoms with Crippen LogP contribution >= 0.6 is 0 Å². The van der Waals surface area contributed by atoms with E-state index in [-0.39, 0.29) is 10.7 Å². The quantitative estimate of drug-likeness (QED) is 0.408. The summed E-state index contributed by atoms with van der Waals surface area (Å²) in [6.45, 7) is 0.613. The normalized spacial score (nSPS) is 10.7. The molecule has 0 bridgehead atoms. The summed E-state index contributed by atoms with van der Waals surface area (Å²) in [6, 6.07) is 15.4. The van der Waals surface area contributed by atoms with Crippen LogP contribution in [-0.4, -0.2) is 9.32 Å². The van der Waals surface area contributed by atoms with Crippen molar-refractivity contribution < 1.29 is 9.49 Å². The molecule has 0 unspecified atom stereocenters. The Morgan fingerprint density at radius 3 is 2.58 bits per heavy atom. The van der Waals surface area contributed by atoms with Gasteiger partial charge in [0.2, 0.25) is 0 Å². The zero-order chi connectivity index (χ0) is 13.2. The Labute approximate surface area is 109 Å². The van der Waals surface area contributed by atoms with Crippen LogP contribution < -0.4 is 4.57 Å². The highest BCUT2D eigenvalue weighted by Gasteiger charge is 2.20. The summed E-state index contributed by atoms with van der Waals surface area (Å²) in [4.78, 5) is 10.7. The van der Waals surface area contributed by atoms with Crippen molar-refractivity contribution in [3.05, 3.63) is 76.6 Å². The van der Waals surface area contributed by atoms with Crippen molar-refractivity contribution in [3.8, 4) is 0 Å². The molecule has 0 saturated carbocycles. The SMILES string of the molecule is O=[N+]([O-])c1c[n+](Cc2ccccc2)c2ccccn12.